The van der Waals surface area contributed by atoms with E-state index >= 15 is 0 Å². The number of rotatable bonds is 0. The Balaban J connectivity index is 2.21. The fraction of sp³-hybridized carbons (Fsp3) is 0.600. The molecule has 1 heterocycles. The van der Waals surface area contributed by atoms with Crippen molar-refractivity contribution in [1.29, 1.82) is 0 Å². The summed E-state index contributed by atoms with van der Waals surface area (Å²) in [6.07, 6.45) is 3.84. The molecule has 0 radical (unpaired) electrons. The number of anilines is 1. The van der Waals surface area contributed by atoms with Crippen LogP contribution in [0.3, 0.4) is 0 Å². The first-order valence-corrected chi connectivity index (χ1v) is 6.62. The third-order valence-corrected chi connectivity index (χ3v) is 4.91. The number of nitrogens with zero attached hydrogens (tertiary/aromatic N) is 1. The summed E-state index contributed by atoms with van der Waals surface area (Å²) in [6.45, 7) is 5.80. The van der Waals surface area contributed by atoms with Crippen molar-refractivity contribution in [1.82, 2.24) is 4.90 Å². The lowest BCUT2D eigenvalue weighted by Crippen LogP contribution is -2.50. The maximum Gasteiger partial charge on any atom is 0.0320 e. The van der Waals surface area contributed by atoms with Gasteiger partial charge in [0.25, 0.3) is 0 Å². The Morgan fingerprint density at radius 3 is 2.76 bits per heavy atom. The van der Waals surface area contributed by atoms with Gasteiger partial charge in [0.05, 0.1) is 0 Å². The van der Waals surface area contributed by atoms with Crippen LogP contribution in [0.2, 0.25) is 0 Å². The van der Waals surface area contributed by atoms with Crippen molar-refractivity contribution in [3.8, 4) is 0 Å². The summed E-state index contributed by atoms with van der Waals surface area (Å²) in [5.41, 5.74) is 11.8. The molecule has 0 spiro atoms. The van der Waals surface area contributed by atoms with Gasteiger partial charge in [0.1, 0.15) is 0 Å². The summed E-state index contributed by atoms with van der Waals surface area (Å²) in [4.78, 5) is 2.48. The Morgan fingerprint density at radius 2 is 2.00 bits per heavy atom. The fourth-order valence-corrected chi connectivity index (χ4v) is 3.66. The molecule has 1 aliphatic carbocycles. The first-order valence-electron chi connectivity index (χ1n) is 6.62. The minimum atomic E-state index is 0.276. The van der Waals surface area contributed by atoms with Crippen molar-refractivity contribution in [3.63, 3.8) is 0 Å². The lowest BCUT2D eigenvalue weighted by molar-refractivity contribution is 0.0910. The van der Waals surface area contributed by atoms with E-state index in [4.69, 9.17) is 5.73 Å². The highest BCUT2D eigenvalue weighted by Crippen LogP contribution is 2.47. The predicted molar refractivity (Wildman–Crippen MR) is 72.1 cm³/mol. The van der Waals surface area contributed by atoms with Crippen molar-refractivity contribution in [2.45, 2.75) is 51.1 Å². The van der Waals surface area contributed by atoms with Crippen molar-refractivity contribution in [2.75, 3.05) is 12.8 Å². The highest BCUT2D eigenvalue weighted by Gasteiger charge is 2.41. The number of nitrogen functional groups attached to an aromatic ring is 1. The number of hydrogen-bond donors (Lipinski definition) is 1. The van der Waals surface area contributed by atoms with Gasteiger partial charge in [-0.2, -0.15) is 0 Å². The standard InChI is InChI=1S/C15H22N2/c1-15(2)13-6-4-5-10-7-12(16)8-11(14(10)13)9-17(15)3/h7-8,13H,4-6,9,16H2,1-3H3/t13-/m0/s1. The molecule has 17 heavy (non-hydrogen) atoms. The largest absolute Gasteiger partial charge is 0.399 e. The highest BCUT2D eigenvalue weighted by atomic mass is 15.2. The SMILES string of the molecule is CN1Cc2cc(N)cc3c2[C@H](CCC3)C1(C)C. The van der Waals surface area contributed by atoms with E-state index in [0.29, 0.717) is 5.92 Å². The Hall–Kier alpha value is -1.02. The molecule has 0 saturated heterocycles. The van der Waals surface area contributed by atoms with Gasteiger partial charge in [-0.05, 0) is 69.0 Å². The lowest BCUT2D eigenvalue weighted by Gasteiger charge is -2.49. The monoisotopic (exact) mass is 230 g/mol. The van der Waals surface area contributed by atoms with Gasteiger partial charge in [0.15, 0.2) is 0 Å². The molecule has 2 nitrogen and oxygen atoms in total. The second-order valence-corrected chi connectivity index (χ2v) is 6.21. The van der Waals surface area contributed by atoms with Crippen molar-refractivity contribution >= 4 is 5.69 Å². The lowest BCUT2D eigenvalue weighted by atomic mass is 9.68. The van der Waals surface area contributed by atoms with E-state index in [1.165, 1.54) is 30.4 Å². The summed E-state index contributed by atoms with van der Waals surface area (Å²) in [6, 6.07) is 4.38. The summed E-state index contributed by atoms with van der Waals surface area (Å²) >= 11 is 0. The molecule has 2 N–H and O–H groups in total. The van der Waals surface area contributed by atoms with E-state index in [1.54, 1.807) is 5.56 Å². The number of benzene rings is 1. The maximum atomic E-state index is 6.02. The van der Waals surface area contributed by atoms with E-state index < -0.39 is 0 Å². The molecule has 1 atom stereocenters. The van der Waals surface area contributed by atoms with Gasteiger partial charge in [0, 0.05) is 23.7 Å². The smallest absolute Gasteiger partial charge is 0.0320 e. The molecule has 0 unspecified atom stereocenters. The number of hydrogen-bond acceptors (Lipinski definition) is 2. The van der Waals surface area contributed by atoms with E-state index in [-0.39, 0.29) is 5.54 Å². The topological polar surface area (TPSA) is 29.3 Å². The Kier molecular flexibility index (Phi) is 2.27. The Labute approximate surface area is 104 Å². The molecular formula is C15H22N2. The van der Waals surface area contributed by atoms with E-state index in [2.05, 4.69) is 37.9 Å². The second-order valence-electron chi connectivity index (χ2n) is 6.21. The van der Waals surface area contributed by atoms with Crippen LogP contribution >= 0.6 is 0 Å². The zero-order valence-corrected chi connectivity index (χ0v) is 11.1. The van der Waals surface area contributed by atoms with Crippen LogP contribution in [-0.2, 0) is 13.0 Å². The molecule has 0 saturated carbocycles. The van der Waals surface area contributed by atoms with Crippen LogP contribution in [0.4, 0.5) is 5.69 Å². The fourth-order valence-electron chi connectivity index (χ4n) is 3.66. The number of aryl methyl sites for hydroxylation is 1. The zero-order valence-electron chi connectivity index (χ0n) is 11.1. The molecule has 92 valence electrons. The van der Waals surface area contributed by atoms with Crippen LogP contribution in [0.25, 0.3) is 0 Å². The molecule has 1 aromatic carbocycles. The van der Waals surface area contributed by atoms with Crippen LogP contribution in [0.15, 0.2) is 12.1 Å². The zero-order chi connectivity index (χ0) is 12.2. The highest BCUT2D eigenvalue weighted by molar-refractivity contribution is 5.53. The van der Waals surface area contributed by atoms with Crippen LogP contribution in [-0.4, -0.2) is 17.5 Å². The summed E-state index contributed by atoms with van der Waals surface area (Å²) in [7, 11) is 2.24. The van der Waals surface area contributed by atoms with Crippen LogP contribution in [0, 0.1) is 0 Å². The Bertz CT molecular complexity index is 462. The molecule has 0 bridgehead atoms. The summed E-state index contributed by atoms with van der Waals surface area (Å²) < 4.78 is 0. The molecule has 0 fully saturated rings. The third kappa shape index (κ3) is 1.50. The number of likely N-dealkylation sites (N-methyl/N-ethyl adjacent to an activating group) is 1. The molecule has 1 aromatic rings. The predicted octanol–water partition coefficient (Wildman–Crippen LogP) is 2.91. The van der Waals surface area contributed by atoms with Crippen LogP contribution < -0.4 is 5.73 Å². The molecule has 2 heteroatoms. The molecule has 2 aliphatic rings. The molecule has 0 amide bonds. The second kappa shape index (κ2) is 3.49. The number of nitrogens with two attached hydrogens (primary N) is 1. The van der Waals surface area contributed by atoms with Crippen molar-refractivity contribution in [3.05, 3.63) is 28.8 Å². The van der Waals surface area contributed by atoms with Crippen molar-refractivity contribution < 1.29 is 0 Å². The molecule has 1 aliphatic heterocycles. The molecule has 0 aromatic heterocycles. The average molecular weight is 230 g/mol. The van der Waals surface area contributed by atoms with Gasteiger partial charge in [0.2, 0.25) is 0 Å². The minimum Gasteiger partial charge on any atom is -0.399 e. The van der Waals surface area contributed by atoms with E-state index in [0.717, 1.165) is 12.2 Å². The first-order chi connectivity index (χ1) is 8.00. The van der Waals surface area contributed by atoms with Gasteiger partial charge in [-0.15, -0.1) is 0 Å². The Morgan fingerprint density at radius 1 is 1.29 bits per heavy atom. The first kappa shape index (κ1) is 11.1. The van der Waals surface area contributed by atoms with Gasteiger partial charge >= 0.3 is 0 Å². The van der Waals surface area contributed by atoms with Gasteiger partial charge in [-0.1, -0.05) is 0 Å². The van der Waals surface area contributed by atoms with Crippen LogP contribution in [0.5, 0.6) is 0 Å². The quantitative estimate of drug-likeness (QED) is 0.694. The third-order valence-electron chi connectivity index (χ3n) is 4.91. The molecule has 3 rings (SSSR count). The van der Waals surface area contributed by atoms with Gasteiger partial charge < -0.3 is 5.73 Å². The van der Waals surface area contributed by atoms with Crippen LogP contribution in [0.1, 0.15) is 49.3 Å². The molecular weight excluding hydrogens is 208 g/mol. The maximum absolute atomic E-state index is 6.02. The minimum absolute atomic E-state index is 0.276. The van der Waals surface area contributed by atoms with Crippen molar-refractivity contribution in [2.24, 2.45) is 0 Å². The normalized spacial score (nSPS) is 26.6. The summed E-state index contributed by atoms with van der Waals surface area (Å²) in [5, 5.41) is 0. The average Bonchev–Trinajstić information content (AvgIpc) is 2.26. The van der Waals surface area contributed by atoms with Gasteiger partial charge in [-0.3, -0.25) is 4.90 Å². The van der Waals surface area contributed by atoms with Gasteiger partial charge in [-0.25, -0.2) is 0 Å². The van der Waals surface area contributed by atoms with E-state index in [9.17, 15) is 0 Å². The van der Waals surface area contributed by atoms with E-state index in [1.807, 2.05) is 0 Å². The summed E-state index contributed by atoms with van der Waals surface area (Å²) in [5.74, 6) is 0.681.